The van der Waals surface area contributed by atoms with Crippen molar-refractivity contribution in [1.82, 2.24) is 54.8 Å². The van der Waals surface area contributed by atoms with Crippen LogP contribution >= 0.6 is 0 Å². The number of hydrogen-bond donors (Lipinski definition) is 1. The summed E-state index contributed by atoms with van der Waals surface area (Å²) in [6.07, 6.45) is 14.2. The molecule has 70 heavy (non-hydrogen) atoms. The first-order valence-corrected chi connectivity index (χ1v) is 21.1. The van der Waals surface area contributed by atoms with Crippen molar-refractivity contribution in [1.29, 1.82) is 0 Å². The largest absolute Gasteiger partial charge is 2.00 e. The van der Waals surface area contributed by atoms with Gasteiger partial charge in [-0.1, -0.05) is 60.7 Å². The molecular weight excluding hydrogens is 1150 g/mol. The van der Waals surface area contributed by atoms with Gasteiger partial charge in [0.25, 0.3) is 0 Å². The third kappa shape index (κ3) is 12.0. The average Bonchev–Trinajstić information content (AvgIpc) is 3.90. The number of H-pyrrole nitrogens is 1. The first-order chi connectivity index (χ1) is 33.2. The Morgan fingerprint density at radius 2 is 0.671 bits per heavy atom. The van der Waals surface area contributed by atoms with Crippen molar-refractivity contribution in [3.05, 3.63) is 226 Å². The topological polar surface area (TPSA) is 165 Å². The number of imidazole rings is 1. The molecule has 15 heteroatoms. The Hall–Kier alpha value is -7.90. The number of hydrogen-bond acceptors (Lipinski definition) is 10. The maximum absolute atomic E-state index is 7.50. The number of aromatic amines is 1. The molecule has 0 saturated heterocycles. The van der Waals surface area contributed by atoms with Gasteiger partial charge in [0.15, 0.2) is 0 Å². The summed E-state index contributed by atoms with van der Waals surface area (Å²) in [6, 6.07) is 55.4. The first-order valence-electron chi connectivity index (χ1n) is 21.1. The monoisotopic (exact) mass is 1190 g/mol. The molecule has 0 aliphatic carbocycles. The molecule has 1 radical (unpaired) electrons. The smallest absolute Gasteiger partial charge is 1.00 e. The van der Waals surface area contributed by atoms with E-state index in [0.717, 1.165) is 101 Å². The van der Waals surface area contributed by atoms with Crippen LogP contribution in [0, 0.1) is 6.65 Å². The quantitative estimate of drug-likeness (QED) is 0.0737. The molecule has 10 heterocycles. The molecule has 12 aromatic rings. The van der Waals surface area contributed by atoms with Crippen molar-refractivity contribution in [3.8, 4) is 68.1 Å². The number of halogens is 1. The van der Waals surface area contributed by atoms with Crippen LogP contribution in [0.25, 0.3) is 101 Å². The van der Waals surface area contributed by atoms with Crippen LogP contribution in [0.3, 0.4) is 0 Å². The zero-order valence-corrected chi connectivity index (χ0v) is 42.0. The van der Waals surface area contributed by atoms with Gasteiger partial charge in [-0.15, -0.1) is 0 Å². The van der Waals surface area contributed by atoms with E-state index < -0.39 is 0 Å². The second kappa shape index (κ2) is 25.5. The van der Waals surface area contributed by atoms with Crippen LogP contribution < -0.4 is 12.4 Å². The summed E-state index contributed by atoms with van der Waals surface area (Å²) in [7, 11) is 0. The van der Waals surface area contributed by atoms with Gasteiger partial charge in [-0.2, -0.15) is 0 Å². The average molecular weight is 1190 g/mol. The van der Waals surface area contributed by atoms with Crippen molar-refractivity contribution in [2.75, 3.05) is 0 Å². The molecule has 1 N–H and O–H groups in total. The molecule has 0 aliphatic heterocycles. The molecule has 0 spiro atoms. The van der Waals surface area contributed by atoms with Crippen LogP contribution in [0.4, 0.5) is 0 Å². The fourth-order valence-electron chi connectivity index (χ4n) is 7.35. The summed E-state index contributed by atoms with van der Waals surface area (Å²) >= 11 is 0. The third-order valence-corrected chi connectivity index (χ3v) is 10.4. The number of benzene rings is 2. The molecule has 0 unspecified atom stereocenters. The Balaban J connectivity index is 0.000000227. The standard InChI is InChI=1S/C34H21N7.2C10H8N2.CO.ClH.Re.Ru/c1-3-15-35-26(9-1)28-19-23(20-29(39-28)27-10-2-4-16-36-27)21-11-13-22(14-12-21)34-40-32-24-7-5-17-37-30(24)31-25(33(32)41-34)8-6-18-38-31;2*1-3-7-11-9(5-1)10-6-2-4-8-12-10;1-2;;;/h1-20H,(H,40,41);2*1-8H;;1H;;/q;;;;;;+2/p-1. The fourth-order valence-corrected chi connectivity index (χ4v) is 7.35. The molecule has 12 nitrogen and oxygen atoms in total. The minimum Gasteiger partial charge on any atom is -1.00 e. The fraction of sp³-hybridized carbons (Fsp3) is 0. The van der Waals surface area contributed by atoms with Crippen LogP contribution in [0.15, 0.2) is 219 Å². The van der Waals surface area contributed by atoms with Gasteiger partial charge >= 0.3 is 30.8 Å². The van der Waals surface area contributed by atoms with Crippen molar-refractivity contribution in [3.63, 3.8) is 0 Å². The molecule has 0 bridgehead atoms. The number of pyridine rings is 9. The zero-order chi connectivity index (χ0) is 45.6. The summed E-state index contributed by atoms with van der Waals surface area (Å²) in [5, 5.41) is 1.98. The summed E-state index contributed by atoms with van der Waals surface area (Å²) < 4.78 is 7.50. The maximum Gasteiger partial charge on any atom is 2.00 e. The van der Waals surface area contributed by atoms with Crippen LogP contribution in [-0.2, 0) is 44.6 Å². The van der Waals surface area contributed by atoms with Gasteiger partial charge < -0.3 is 17.4 Å². The van der Waals surface area contributed by atoms with E-state index in [1.807, 2.05) is 127 Å². The second-order valence-corrected chi connectivity index (χ2v) is 14.6. The Morgan fingerprint density at radius 1 is 0.329 bits per heavy atom. The van der Waals surface area contributed by atoms with E-state index in [2.05, 4.69) is 94.0 Å². The second-order valence-electron chi connectivity index (χ2n) is 14.6. The molecule has 2 aromatic carbocycles. The molecule has 0 amide bonds. The van der Waals surface area contributed by atoms with Crippen LogP contribution in [0.1, 0.15) is 0 Å². The number of fused-ring (bicyclic) bond motifs is 6. The van der Waals surface area contributed by atoms with Gasteiger partial charge in [-0.25, -0.2) is 9.97 Å². The predicted molar refractivity (Wildman–Crippen MR) is 261 cm³/mol. The normalized spacial score (nSPS) is 10.0. The van der Waals surface area contributed by atoms with E-state index in [0.29, 0.717) is 0 Å². The van der Waals surface area contributed by atoms with Crippen LogP contribution in [-0.4, -0.2) is 54.8 Å². The molecule has 0 saturated carbocycles. The number of aromatic nitrogens is 11. The summed E-state index contributed by atoms with van der Waals surface area (Å²) in [6.45, 7) is 4.50. The van der Waals surface area contributed by atoms with Gasteiger partial charge in [0.2, 0.25) is 0 Å². The third-order valence-electron chi connectivity index (χ3n) is 10.4. The number of nitrogens with one attached hydrogen (secondary N) is 1. The van der Waals surface area contributed by atoms with Crippen molar-refractivity contribution < 1.29 is 57.0 Å². The van der Waals surface area contributed by atoms with E-state index in [4.69, 9.17) is 14.6 Å². The van der Waals surface area contributed by atoms with Gasteiger partial charge in [-0.05, 0) is 120 Å². The molecule has 0 atom stereocenters. The maximum atomic E-state index is 7.50. The van der Waals surface area contributed by atoms with E-state index >= 15 is 0 Å². The molecule has 0 fully saturated rings. The summed E-state index contributed by atoms with van der Waals surface area (Å²) in [5.41, 5.74) is 13.5. The zero-order valence-electron chi connectivity index (χ0n) is 36.8. The van der Waals surface area contributed by atoms with Gasteiger partial charge in [0.1, 0.15) is 5.82 Å². The minimum absolute atomic E-state index is 0. The minimum atomic E-state index is 0. The van der Waals surface area contributed by atoms with Gasteiger partial charge in [0, 0.05) is 86.3 Å². The van der Waals surface area contributed by atoms with E-state index in [1.165, 1.54) is 0 Å². The Morgan fingerprint density at radius 3 is 1.06 bits per heavy atom. The molecule has 12 rings (SSSR count). The van der Waals surface area contributed by atoms with E-state index in [9.17, 15) is 0 Å². The Bertz CT molecular complexity index is 3250. The van der Waals surface area contributed by atoms with Crippen molar-refractivity contribution in [2.45, 2.75) is 0 Å². The summed E-state index contributed by atoms with van der Waals surface area (Å²) in [5.74, 6) is 0.797. The SMILES string of the molecule is [C-]#[O+].[Cl-].[Re].[Ru+2].c1ccc(-c2cc(-c3ccc(-c4nc5c6cccnc6c6ncccc6c5[nH]4)cc3)cc(-c3ccccn3)n2)nc1.c1ccc(-c2ccccn2)nc1.c1ccc(-c2ccccn2)nc1. The first kappa shape index (κ1) is 51.5. The molecule has 10 aromatic heterocycles. The van der Waals surface area contributed by atoms with Crippen molar-refractivity contribution in [2.24, 2.45) is 0 Å². The Kier molecular flexibility index (Phi) is 18.7. The van der Waals surface area contributed by atoms with Gasteiger partial charge in [0.05, 0.1) is 67.6 Å². The number of rotatable bonds is 6. The molecule has 339 valence electrons. The summed E-state index contributed by atoms with van der Waals surface area (Å²) in [4.78, 5) is 48.5. The van der Waals surface area contributed by atoms with Crippen LogP contribution in [0.2, 0.25) is 0 Å². The van der Waals surface area contributed by atoms with Gasteiger partial charge in [-0.3, -0.25) is 39.9 Å². The number of nitrogens with zero attached hydrogens (tertiary/aromatic N) is 10. The molecular formula is C55H37ClN11OReRu+. The molecule has 0 aliphatic rings. The van der Waals surface area contributed by atoms with E-state index in [1.54, 1.807) is 49.6 Å². The van der Waals surface area contributed by atoms with Crippen LogP contribution in [0.5, 0.6) is 0 Å². The Labute approximate surface area is 435 Å². The van der Waals surface area contributed by atoms with E-state index in [-0.39, 0.29) is 52.3 Å². The predicted octanol–water partition coefficient (Wildman–Crippen LogP) is 8.76. The van der Waals surface area contributed by atoms with Crippen molar-refractivity contribution >= 4 is 32.8 Å².